The third kappa shape index (κ3) is 3.25. The number of benzene rings is 1. The number of fused-ring (bicyclic) bond motifs is 2. The van der Waals surface area contributed by atoms with Gasteiger partial charge in [-0.25, -0.2) is 9.37 Å². The Morgan fingerprint density at radius 2 is 1.82 bits per heavy atom. The molecule has 9 heteroatoms. The van der Waals surface area contributed by atoms with Gasteiger partial charge >= 0.3 is 0 Å². The van der Waals surface area contributed by atoms with E-state index in [4.69, 9.17) is 4.98 Å². The molecule has 0 aliphatic heterocycles. The maximum Gasteiger partial charge on any atom is 0.159 e. The standard InChI is InChI=1S/C25H19FN8/c1-34(2)15-9-14(12-27-13-15)16-10-17-21(11-18(16)26)32-33-22(17)25-30-20-6-8-29-23(24(20)31-25)19-5-3-4-7-28-19/h3-13H,1-2H3,(H,30,31)(H,32,33). The van der Waals surface area contributed by atoms with Crippen LogP contribution in [-0.4, -0.2) is 49.2 Å². The highest BCUT2D eigenvalue weighted by Gasteiger charge is 2.18. The Morgan fingerprint density at radius 3 is 2.65 bits per heavy atom. The average molecular weight is 450 g/mol. The summed E-state index contributed by atoms with van der Waals surface area (Å²) < 4.78 is 15.0. The molecule has 0 saturated carbocycles. The first-order valence-electron chi connectivity index (χ1n) is 10.7. The first-order chi connectivity index (χ1) is 16.6. The molecule has 6 aromatic rings. The molecule has 0 radical (unpaired) electrons. The summed E-state index contributed by atoms with van der Waals surface area (Å²) in [5, 5.41) is 8.11. The molecule has 34 heavy (non-hydrogen) atoms. The minimum absolute atomic E-state index is 0.355. The number of H-pyrrole nitrogens is 2. The predicted octanol–water partition coefficient (Wildman–Crippen LogP) is 4.83. The molecule has 5 aromatic heterocycles. The summed E-state index contributed by atoms with van der Waals surface area (Å²) in [5.74, 6) is 0.204. The normalized spacial score (nSPS) is 11.4. The van der Waals surface area contributed by atoms with Crippen molar-refractivity contribution in [2.24, 2.45) is 0 Å². The number of nitrogens with zero attached hydrogens (tertiary/aromatic N) is 6. The fraction of sp³-hybridized carbons (Fsp3) is 0.0800. The Hall–Kier alpha value is -4.66. The molecule has 0 bridgehead atoms. The monoisotopic (exact) mass is 450 g/mol. The van der Waals surface area contributed by atoms with Gasteiger partial charge in [0.05, 0.1) is 28.6 Å². The quantitative estimate of drug-likeness (QED) is 0.399. The van der Waals surface area contributed by atoms with Crippen LogP contribution in [0.5, 0.6) is 0 Å². The van der Waals surface area contributed by atoms with Gasteiger partial charge in [0.1, 0.15) is 22.7 Å². The molecule has 0 spiro atoms. The van der Waals surface area contributed by atoms with Crippen LogP contribution in [-0.2, 0) is 0 Å². The summed E-state index contributed by atoms with van der Waals surface area (Å²) in [6, 6.07) is 12.7. The number of aromatic amines is 2. The first-order valence-corrected chi connectivity index (χ1v) is 10.7. The van der Waals surface area contributed by atoms with Crippen LogP contribution in [0.4, 0.5) is 10.1 Å². The highest BCUT2D eigenvalue weighted by atomic mass is 19.1. The molecule has 0 aliphatic carbocycles. The van der Waals surface area contributed by atoms with Crippen LogP contribution < -0.4 is 4.90 Å². The van der Waals surface area contributed by atoms with Crippen molar-refractivity contribution in [1.29, 1.82) is 0 Å². The molecule has 166 valence electrons. The van der Waals surface area contributed by atoms with E-state index in [9.17, 15) is 0 Å². The Labute approximate surface area is 193 Å². The van der Waals surface area contributed by atoms with Gasteiger partial charge < -0.3 is 9.88 Å². The van der Waals surface area contributed by atoms with E-state index in [1.165, 1.54) is 6.07 Å². The molecular weight excluding hydrogens is 431 g/mol. The Bertz CT molecular complexity index is 1650. The van der Waals surface area contributed by atoms with Crippen LogP contribution in [0.15, 0.2) is 67.3 Å². The van der Waals surface area contributed by atoms with Gasteiger partial charge in [0.2, 0.25) is 0 Å². The topological polar surface area (TPSA) is 99.3 Å². The first kappa shape index (κ1) is 20.0. The fourth-order valence-electron chi connectivity index (χ4n) is 4.00. The lowest BCUT2D eigenvalue weighted by atomic mass is 10.0. The second kappa shape index (κ2) is 7.73. The number of hydrogen-bond acceptors (Lipinski definition) is 6. The van der Waals surface area contributed by atoms with E-state index >= 15 is 4.39 Å². The van der Waals surface area contributed by atoms with E-state index in [1.807, 2.05) is 49.3 Å². The van der Waals surface area contributed by atoms with E-state index in [0.717, 1.165) is 22.3 Å². The van der Waals surface area contributed by atoms with E-state index in [0.29, 0.717) is 39.4 Å². The molecule has 2 N–H and O–H groups in total. The number of hydrogen-bond donors (Lipinski definition) is 2. The molecule has 8 nitrogen and oxygen atoms in total. The van der Waals surface area contributed by atoms with Crippen molar-refractivity contribution in [1.82, 2.24) is 35.1 Å². The molecule has 0 aliphatic rings. The lowest BCUT2D eigenvalue weighted by molar-refractivity contribution is 0.632. The number of rotatable bonds is 4. The highest BCUT2D eigenvalue weighted by Crippen LogP contribution is 2.34. The fourth-order valence-corrected chi connectivity index (χ4v) is 4.00. The molecular formula is C25H19FN8. The average Bonchev–Trinajstić information content (AvgIpc) is 3.47. The van der Waals surface area contributed by atoms with Crippen molar-refractivity contribution < 1.29 is 4.39 Å². The maximum absolute atomic E-state index is 15.0. The molecule has 0 atom stereocenters. The van der Waals surface area contributed by atoms with Gasteiger partial charge in [0, 0.05) is 55.3 Å². The lowest BCUT2D eigenvalue weighted by Gasteiger charge is -2.13. The van der Waals surface area contributed by atoms with Crippen molar-refractivity contribution >= 4 is 27.6 Å². The molecule has 0 saturated heterocycles. The van der Waals surface area contributed by atoms with Crippen LogP contribution in [0.1, 0.15) is 0 Å². The summed E-state index contributed by atoms with van der Waals surface area (Å²) in [4.78, 5) is 23.2. The minimum atomic E-state index is -0.355. The van der Waals surface area contributed by atoms with Crippen molar-refractivity contribution in [3.63, 3.8) is 0 Å². The number of aromatic nitrogens is 7. The van der Waals surface area contributed by atoms with Gasteiger partial charge in [-0.15, -0.1) is 0 Å². The van der Waals surface area contributed by atoms with Crippen LogP contribution in [0.3, 0.4) is 0 Å². The van der Waals surface area contributed by atoms with Gasteiger partial charge in [-0.2, -0.15) is 5.10 Å². The third-order valence-corrected chi connectivity index (χ3v) is 5.73. The number of anilines is 1. The minimum Gasteiger partial charge on any atom is -0.376 e. The van der Waals surface area contributed by atoms with Gasteiger partial charge in [-0.3, -0.25) is 20.1 Å². The maximum atomic E-state index is 15.0. The highest BCUT2D eigenvalue weighted by molar-refractivity contribution is 5.97. The molecule has 6 rings (SSSR count). The Morgan fingerprint density at radius 1 is 0.912 bits per heavy atom. The van der Waals surface area contributed by atoms with Crippen molar-refractivity contribution in [2.45, 2.75) is 0 Å². The van der Waals surface area contributed by atoms with E-state index < -0.39 is 0 Å². The van der Waals surface area contributed by atoms with Crippen LogP contribution >= 0.6 is 0 Å². The van der Waals surface area contributed by atoms with Gasteiger partial charge in [-0.1, -0.05) is 6.07 Å². The zero-order valence-electron chi connectivity index (χ0n) is 18.4. The van der Waals surface area contributed by atoms with Crippen LogP contribution in [0, 0.1) is 5.82 Å². The summed E-state index contributed by atoms with van der Waals surface area (Å²) in [5.41, 5.74) is 6.10. The van der Waals surface area contributed by atoms with Crippen LogP contribution in [0.2, 0.25) is 0 Å². The zero-order valence-corrected chi connectivity index (χ0v) is 18.4. The zero-order chi connectivity index (χ0) is 23.2. The smallest absolute Gasteiger partial charge is 0.159 e. The lowest BCUT2D eigenvalue weighted by Crippen LogP contribution is -2.08. The molecule has 1 aromatic carbocycles. The predicted molar refractivity (Wildman–Crippen MR) is 130 cm³/mol. The second-order valence-corrected chi connectivity index (χ2v) is 8.13. The largest absolute Gasteiger partial charge is 0.376 e. The van der Waals surface area contributed by atoms with Crippen molar-refractivity contribution in [3.05, 3.63) is 73.1 Å². The number of pyridine rings is 3. The van der Waals surface area contributed by atoms with Crippen molar-refractivity contribution in [2.75, 3.05) is 19.0 Å². The summed E-state index contributed by atoms with van der Waals surface area (Å²) in [7, 11) is 3.84. The van der Waals surface area contributed by atoms with Crippen molar-refractivity contribution in [3.8, 4) is 34.0 Å². The molecule has 5 heterocycles. The Kier molecular flexibility index (Phi) is 4.54. The van der Waals surface area contributed by atoms with Crippen LogP contribution in [0.25, 0.3) is 56.0 Å². The van der Waals surface area contributed by atoms with E-state index in [2.05, 4.69) is 30.1 Å². The SMILES string of the molecule is CN(C)c1cncc(-c2cc3c(-c4nc5c(-c6ccccn6)nccc5[nH]4)n[nH]c3cc2F)c1. The summed E-state index contributed by atoms with van der Waals surface area (Å²) in [6.45, 7) is 0. The summed E-state index contributed by atoms with van der Waals surface area (Å²) in [6.07, 6.45) is 6.84. The van der Waals surface area contributed by atoms with E-state index in [-0.39, 0.29) is 5.82 Å². The molecule has 0 amide bonds. The van der Waals surface area contributed by atoms with Gasteiger partial charge in [0.25, 0.3) is 0 Å². The molecule has 0 unspecified atom stereocenters. The van der Waals surface area contributed by atoms with Gasteiger partial charge in [0.15, 0.2) is 5.82 Å². The number of imidazole rings is 1. The van der Waals surface area contributed by atoms with E-state index in [1.54, 1.807) is 30.9 Å². The number of nitrogens with one attached hydrogen (secondary N) is 2. The number of halogens is 1. The second-order valence-electron chi connectivity index (χ2n) is 8.13. The Balaban J connectivity index is 1.51. The molecule has 0 fully saturated rings. The third-order valence-electron chi connectivity index (χ3n) is 5.73. The summed E-state index contributed by atoms with van der Waals surface area (Å²) >= 11 is 0. The van der Waals surface area contributed by atoms with Gasteiger partial charge in [-0.05, 0) is 30.3 Å².